The van der Waals surface area contributed by atoms with Crippen molar-refractivity contribution in [2.24, 2.45) is 23.7 Å². The van der Waals surface area contributed by atoms with Crippen molar-refractivity contribution in [1.29, 1.82) is 0 Å². The quantitative estimate of drug-likeness (QED) is 0.591. The molecule has 0 aromatic rings. The summed E-state index contributed by atoms with van der Waals surface area (Å²) in [6, 6.07) is 0. The average Bonchev–Trinajstić information content (AvgIpc) is 2.98. The van der Waals surface area contributed by atoms with Crippen LogP contribution < -0.4 is 0 Å². The minimum Gasteiger partial charge on any atom is -0.390 e. The van der Waals surface area contributed by atoms with Gasteiger partial charge in [-0.2, -0.15) is 0 Å². The number of ketones is 1. The fraction of sp³-hybridized carbons (Fsp3) is 0.750. The molecule has 0 radical (unpaired) electrons. The molecule has 4 heteroatoms. The lowest BCUT2D eigenvalue weighted by Crippen LogP contribution is -2.56. The molecule has 3 aliphatic carbocycles. The topological polar surface area (TPSA) is 55.8 Å². The number of aliphatic hydroxyl groups is 1. The van der Waals surface area contributed by atoms with Gasteiger partial charge in [-0.15, -0.1) is 0 Å². The predicted molar refractivity (Wildman–Crippen MR) is 53.3 cm³/mol. The van der Waals surface area contributed by atoms with Crippen LogP contribution in [0.25, 0.3) is 0 Å². The second-order valence-corrected chi connectivity index (χ2v) is 5.28. The second-order valence-electron chi connectivity index (χ2n) is 5.28. The van der Waals surface area contributed by atoms with Gasteiger partial charge in [-0.1, -0.05) is 12.2 Å². The maximum absolute atomic E-state index is 12.3. The first kappa shape index (κ1) is 9.33. The van der Waals surface area contributed by atoms with Gasteiger partial charge < -0.3 is 14.6 Å². The van der Waals surface area contributed by atoms with Gasteiger partial charge in [0.25, 0.3) is 0 Å². The number of fused-ring (bicyclic) bond motifs is 6. The molecule has 1 N–H and O–H groups in total. The molecule has 0 aromatic carbocycles. The molecule has 0 amide bonds. The van der Waals surface area contributed by atoms with Crippen molar-refractivity contribution in [1.82, 2.24) is 0 Å². The van der Waals surface area contributed by atoms with Gasteiger partial charge in [-0.3, -0.25) is 4.79 Å². The lowest BCUT2D eigenvalue weighted by atomic mass is 9.69. The molecule has 3 fully saturated rings. The van der Waals surface area contributed by atoms with Crippen molar-refractivity contribution in [3.63, 3.8) is 0 Å². The molecule has 2 bridgehead atoms. The summed E-state index contributed by atoms with van der Waals surface area (Å²) in [6.45, 7) is 0.139. The molecule has 4 aliphatic rings. The summed E-state index contributed by atoms with van der Waals surface area (Å²) in [6.07, 6.45) is 3.79. The lowest BCUT2D eigenvalue weighted by Gasteiger charge is -2.40. The maximum atomic E-state index is 12.3. The molecular weight excluding hydrogens is 208 g/mol. The van der Waals surface area contributed by atoms with Crippen molar-refractivity contribution < 1.29 is 19.4 Å². The summed E-state index contributed by atoms with van der Waals surface area (Å²) in [4.78, 5) is 12.3. The number of Topliss-reactive ketones (excluding diaryl/α,β-unsaturated/α-hetero) is 1. The molecule has 4 nitrogen and oxygen atoms in total. The zero-order chi connectivity index (χ0) is 10.9. The number of allylic oxidation sites excluding steroid dienone is 2. The molecule has 86 valence electrons. The fourth-order valence-corrected chi connectivity index (χ4v) is 4.03. The Hall–Kier alpha value is -0.710. The number of hydrogen-bond donors (Lipinski definition) is 1. The minimum atomic E-state index is -0.546. The highest BCUT2D eigenvalue weighted by molar-refractivity contribution is 5.89. The summed E-state index contributed by atoms with van der Waals surface area (Å²) in [7, 11) is 0. The summed E-state index contributed by atoms with van der Waals surface area (Å²) in [5.74, 6) is 0.856. The highest BCUT2D eigenvalue weighted by Gasteiger charge is 2.60. The van der Waals surface area contributed by atoms with Crippen molar-refractivity contribution >= 4 is 5.78 Å². The van der Waals surface area contributed by atoms with Crippen LogP contribution in [0.3, 0.4) is 0 Å². The predicted octanol–water partition coefficient (Wildman–Crippen LogP) is 0.110. The molecule has 2 unspecified atom stereocenters. The van der Waals surface area contributed by atoms with E-state index in [0.29, 0.717) is 11.8 Å². The van der Waals surface area contributed by atoms with Gasteiger partial charge in [0.2, 0.25) is 0 Å². The fourth-order valence-electron chi connectivity index (χ4n) is 4.03. The Kier molecular flexibility index (Phi) is 1.72. The Morgan fingerprint density at radius 1 is 1.25 bits per heavy atom. The van der Waals surface area contributed by atoms with Crippen molar-refractivity contribution in [2.45, 2.75) is 24.7 Å². The van der Waals surface area contributed by atoms with Gasteiger partial charge in [0.15, 0.2) is 5.78 Å². The average molecular weight is 222 g/mol. The third-order valence-electron chi connectivity index (χ3n) is 4.67. The molecule has 2 saturated carbocycles. The van der Waals surface area contributed by atoms with E-state index in [-0.39, 0.29) is 24.4 Å². The van der Waals surface area contributed by atoms with E-state index in [1.54, 1.807) is 0 Å². The van der Waals surface area contributed by atoms with E-state index in [4.69, 9.17) is 9.47 Å². The summed E-state index contributed by atoms with van der Waals surface area (Å²) in [5.41, 5.74) is 0. The first-order valence-electron chi connectivity index (χ1n) is 5.90. The molecule has 7 atom stereocenters. The SMILES string of the molecule is O=C1C2C([C@@H]3C=C[C@H]2C3)[C@@H](O)[C@@H]2OCO[C@H]12. The lowest BCUT2D eigenvalue weighted by molar-refractivity contribution is -0.148. The van der Waals surface area contributed by atoms with E-state index < -0.39 is 18.3 Å². The van der Waals surface area contributed by atoms with Crippen LogP contribution in [-0.4, -0.2) is 36.0 Å². The number of carbonyl (C=O) groups is 1. The maximum Gasteiger partial charge on any atom is 0.168 e. The smallest absolute Gasteiger partial charge is 0.168 e. The number of rotatable bonds is 0. The molecule has 1 heterocycles. The van der Waals surface area contributed by atoms with Crippen LogP contribution >= 0.6 is 0 Å². The largest absolute Gasteiger partial charge is 0.390 e. The number of aliphatic hydroxyl groups excluding tert-OH is 1. The van der Waals surface area contributed by atoms with Crippen LogP contribution in [0, 0.1) is 23.7 Å². The van der Waals surface area contributed by atoms with Gasteiger partial charge >= 0.3 is 0 Å². The van der Waals surface area contributed by atoms with Crippen molar-refractivity contribution in [3.8, 4) is 0 Å². The summed E-state index contributed by atoms with van der Waals surface area (Å²) < 4.78 is 10.6. The van der Waals surface area contributed by atoms with Gasteiger partial charge in [-0.25, -0.2) is 0 Å². The standard InChI is InChI=1S/C12H14O4/c13-9-7-5-1-2-6(3-5)8(7)10(14)12-11(9)15-4-16-12/h1-2,5-9,11-13H,3-4H2/t5-,6+,7?,8?,9-,11+,12-/m1/s1. The number of ether oxygens (including phenoxy) is 2. The molecule has 1 aliphatic heterocycles. The Bertz CT molecular complexity index is 377. The highest BCUT2D eigenvalue weighted by Crippen LogP contribution is 2.54. The zero-order valence-corrected chi connectivity index (χ0v) is 8.78. The van der Waals surface area contributed by atoms with E-state index in [0.717, 1.165) is 6.42 Å². The van der Waals surface area contributed by atoms with Gasteiger partial charge in [0, 0.05) is 11.8 Å². The number of hydrogen-bond acceptors (Lipinski definition) is 4. The van der Waals surface area contributed by atoms with Crippen LogP contribution in [0.15, 0.2) is 12.2 Å². The highest BCUT2D eigenvalue weighted by atomic mass is 16.7. The van der Waals surface area contributed by atoms with Crippen LogP contribution in [0.1, 0.15) is 6.42 Å². The van der Waals surface area contributed by atoms with Crippen LogP contribution in [0.4, 0.5) is 0 Å². The molecule has 16 heavy (non-hydrogen) atoms. The molecule has 0 spiro atoms. The Labute approximate surface area is 93.2 Å². The summed E-state index contributed by atoms with van der Waals surface area (Å²) in [5, 5.41) is 10.3. The Balaban J connectivity index is 1.77. The van der Waals surface area contributed by atoms with Crippen molar-refractivity contribution in [3.05, 3.63) is 12.2 Å². The normalized spacial score (nSPS) is 57.8. The van der Waals surface area contributed by atoms with E-state index in [2.05, 4.69) is 12.2 Å². The number of carbonyl (C=O) groups excluding carboxylic acids is 1. The second kappa shape index (κ2) is 2.94. The Morgan fingerprint density at radius 2 is 2.06 bits per heavy atom. The van der Waals surface area contributed by atoms with E-state index in [9.17, 15) is 9.90 Å². The van der Waals surface area contributed by atoms with Gasteiger partial charge in [-0.05, 0) is 18.3 Å². The van der Waals surface area contributed by atoms with E-state index >= 15 is 0 Å². The van der Waals surface area contributed by atoms with Crippen molar-refractivity contribution in [2.75, 3.05) is 6.79 Å². The first-order valence-corrected chi connectivity index (χ1v) is 5.90. The van der Waals surface area contributed by atoms with Crippen LogP contribution in [-0.2, 0) is 14.3 Å². The van der Waals surface area contributed by atoms with Gasteiger partial charge in [0.05, 0.1) is 6.10 Å². The third-order valence-corrected chi connectivity index (χ3v) is 4.67. The Morgan fingerprint density at radius 3 is 2.94 bits per heavy atom. The third kappa shape index (κ3) is 0.937. The van der Waals surface area contributed by atoms with Crippen LogP contribution in [0.5, 0.6) is 0 Å². The zero-order valence-electron chi connectivity index (χ0n) is 8.78. The monoisotopic (exact) mass is 222 g/mol. The van der Waals surface area contributed by atoms with Crippen LogP contribution in [0.2, 0.25) is 0 Å². The molecule has 4 rings (SSSR count). The molecular formula is C12H14O4. The van der Waals surface area contributed by atoms with Gasteiger partial charge in [0.1, 0.15) is 19.0 Å². The van der Waals surface area contributed by atoms with E-state index in [1.807, 2.05) is 0 Å². The first-order chi connectivity index (χ1) is 7.77. The minimum absolute atomic E-state index is 0.0343. The molecule has 0 aromatic heterocycles. The molecule has 1 saturated heterocycles. The van der Waals surface area contributed by atoms with E-state index in [1.165, 1.54) is 0 Å². The summed E-state index contributed by atoms with van der Waals surface area (Å²) >= 11 is 0.